The first kappa shape index (κ1) is 13.9. The van der Waals surface area contributed by atoms with Crippen LogP contribution in [0.3, 0.4) is 0 Å². The number of fused-ring (bicyclic) bond motifs is 1. The van der Waals surface area contributed by atoms with E-state index in [-0.39, 0.29) is 0 Å². The molecule has 1 aromatic rings. The molecule has 0 amide bonds. The molecule has 1 unspecified atom stereocenters. The Labute approximate surface area is 114 Å². The summed E-state index contributed by atoms with van der Waals surface area (Å²) in [4.78, 5) is 0. The maximum absolute atomic E-state index is 10.6. The molecule has 0 saturated heterocycles. The first-order chi connectivity index (χ1) is 9.14. The summed E-state index contributed by atoms with van der Waals surface area (Å²) in [5, 5.41) is 10.6. The highest BCUT2D eigenvalue weighted by molar-refractivity contribution is 5.51. The van der Waals surface area contributed by atoms with Crippen LogP contribution < -0.4 is 9.47 Å². The van der Waals surface area contributed by atoms with Crippen molar-refractivity contribution in [3.63, 3.8) is 0 Å². The Bertz CT molecular complexity index is 467. The lowest BCUT2D eigenvalue weighted by molar-refractivity contribution is 0.0698. The highest BCUT2D eigenvalue weighted by Crippen LogP contribution is 2.42. The van der Waals surface area contributed by atoms with Crippen LogP contribution >= 0.6 is 0 Å². The van der Waals surface area contributed by atoms with Crippen LogP contribution in [0.5, 0.6) is 11.5 Å². The molecule has 0 aliphatic heterocycles. The molecule has 0 fully saturated rings. The number of benzene rings is 1. The Morgan fingerprint density at radius 2 is 1.89 bits per heavy atom. The van der Waals surface area contributed by atoms with E-state index in [2.05, 4.69) is 6.58 Å². The largest absolute Gasteiger partial charge is 0.490 e. The third-order valence-electron chi connectivity index (χ3n) is 3.58. The van der Waals surface area contributed by atoms with Gasteiger partial charge >= 0.3 is 0 Å². The summed E-state index contributed by atoms with van der Waals surface area (Å²) in [6, 6.07) is 3.90. The fourth-order valence-electron chi connectivity index (χ4n) is 2.64. The number of aliphatic hydroxyl groups is 1. The number of aryl methyl sites for hydroxylation is 1. The van der Waals surface area contributed by atoms with Crippen molar-refractivity contribution in [1.82, 2.24) is 0 Å². The van der Waals surface area contributed by atoms with Gasteiger partial charge in [-0.25, -0.2) is 0 Å². The molecule has 0 heterocycles. The zero-order chi connectivity index (χ0) is 13.9. The van der Waals surface area contributed by atoms with Crippen molar-refractivity contribution in [3.05, 3.63) is 35.9 Å². The van der Waals surface area contributed by atoms with Gasteiger partial charge in [-0.3, -0.25) is 0 Å². The minimum absolute atomic E-state index is 0.575. The van der Waals surface area contributed by atoms with E-state index in [0.717, 1.165) is 29.7 Å². The van der Waals surface area contributed by atoms with E-state index >= 15 is 0 Å². The van der Waals surface area contributed by atoms with E-state index in [4.69, 9.17) is 9.47 Å². The SMILES string of the molecule is C=CC1(O)CCCc2cc(OCC)c(OCC)cc21. The molecule has 3 nitrogen and oxygen atoms in total. The normalized spacial score (nSPS) is 21.6. The maximum atomic E-state index is 10.6. The molecule has 19 heavy (non-hydrogen) atoms. The standard InChI is InChI=1S/C16H22O3/c1-4-16(17)9-7-8-12-10-14(18-5-2)15(19-6-3)11-13(12)16/h4,10-11,17H,1,5-9H2,2-3H3. The second-order valence-corrected chi connectivity index (χ2v) is 4.80. The average Bonchev–Trinajstić information content (AvgIpc) is 2.41. The fraction of sp³-hybridized carbons (Fsp3) is 0.500. The van der Waals surface area contributed by atoms with Gasteiger partial charge in [0.05, 0.1) is 13.2 Å². The van der Waals surface area contributed by atoms with Gasteiger partial charge in [0.15, 0.2) is 11.5 Å². The Kier molecular flexibility index (Phi) is 4.15. The van der Waals surface area contributed by atoms with Crippen molar-refractivity contribution >= 4 is 0 Å². The lowest BCUT2D eigenvalue weighted by Crippen LogP contribution is -2.28. The molecule has 1 aliphatic rings. The van der Waals surface area contributed by atoms with Crippen molar-refractivity contribution in [2.45, 2.75) is 38.7 Å². The van der Waals surface area contributed by atoms with Crippen LogP contribution in [0, 0.1) is 0 Å². The molecule has 1 N–H and O–H groups in total. The van der Waals surface area contributed by atoms with Gasteiger partial charge in [0, 0.05) is 0 Å². The van der Waals surface area contributed by atoms with Gasteiger partial charge in [-0.05, 0) is 56.4 Å². The van der Waals surface area contributed by atoms with Crippen molar-refractivity contribution in [3.8, 4) is 11.5 Å². The van der Waals surface area contributed by atoms with Crippen molar-refractivity contribution in [1.29, 1.82) is 0 Å². The van der Waals surface area contributed by atoms with E-state index in [1.165, 1.54) is 0 Å². The summed E-state index contributed by atoms with van der Waals surface area (Å²) < 4.78 is 11.2. The van der Waals surface area contributed by atoms with Crippen LogP contribution in [0.1, 0.15) is 37.8 Å². The third kappa shape index (κ3) is 2.61. The number of hydrogen-bond acceptors (Lipinski definition) is 3. The average molecular weight is 262 g/mol. The second kappa shape index (κ2) is 5.66. The van der Waals surface area contributed by atoms with Gasteiger partial charge in [-0.1, -0.05) is 12.7 Å². The zero-order valence-corrected chi connectivity index (χ0v) is 11.7. The number of ether oxygens (including phenoxy) is 2. The zero-order valence-electron chi connectivity index (χ0n) is 11.7. The summed E-state index contributed by atoms with van der Waals surface area (Å²) >= 11 is 0. The van der Waals surface area contributed by atoms with E-state index < -0.39 is 5.60 Å². The van der Waals surface area contributed by atoms with Gasteiger partial charge < -0.3 is 14.6 Å². The van der Waals surface area contributed by atoms with Crippen LogP contribution in [0.15, 0.2) is 24.8 Å². The molecule has 2 rings (SSSR count). The molecule has 0 spiro atoms. The lowest BCUT2D eigenvalue weighted by Gasteiger charge is -2.32. The quantitative estimate of drug-likeness (QED) is 0.828. The minimum atomic E-state index is -0.940. The third-order valence-corrected chi connectivity index (χ3v) is 3.58. The summed E-state index contributed by atoms with van der Waals surface area (Å²) in [6.45, 7) is 8.84. The molecular weight excluding hydrogens is 240 g/mol. The first-order valence-electron chi connectivity index (χ1n) is 6.93. The molecule has 1 atom stereocenters. The van der Waals surface area contributed by atoms with E-state index in [1.54, 1.807) is 6.08 Å². The maximum Gasteiger partial charge on any atom is 0.161 e. The van der Waals surface area contributed by atoms with Gasteiger partial charge in [-0.15, -0.1) is 0 Å². The number of hydrogen-bond donors (Lipinski definition) is 1. The molecule has 1 aliphatic carbocycles. The van der Waals surface area contributed by atoms with Crippen LogP contribution in [0.4, 0.5) is 0 Å². The van der Waals surface area contributed by atoms with Crippen LogP contribution in [0.2, 0.25) is 0 Å². The number of rotatable bonds is 5. The van der Waals surface area contributed by atoms with Gasteiger partial charge in [0.2, 0.25) is 0 Å². The van der Waals surface area contributed by atoms with Crippen LogP contribution in [-0.4, -0.2) is 18.3 Å². The van der Waals surface area contributed by atoms with E-state index in [0.29, 0.717) is 25.4 Å². The van der Waals surface area contributed by atoms with Gasteiger partial charge in [0.1, 0.15) is 5.60 Å². The van der Waals surface area contributed by atoms with Gasteiger partial charge in [0.25, 0.3) is 0 Å². The van der Waals surface area contributed by atoms with Gasteiger partial charge in [-0.2, -0.15) is 0 Å². The van der Waals surface area contributed by atoms with Crippen LogP contribution in [0.25, 0.3) is 0 Å². The summed E-state index contributed by atoms with van der Waals surface area (Å²) in [5.74, 6) is 1.46. The molecule has 1 aromatic carbocycles. The van der Waals surface area contributed by atoms with E-state index in [1.807, 2.05) is 26.0 Å². The second-order valence-electron chi connectivity index (χ2n) is 4.80. The minimum Gasteiger partial charge on any atom is -0.490 e. The molecular formula is C16H22O3. The van der Waals surface area contributed by atoms with Crippen LogP contribution in [-0.2, 0) is 12.0 Å². The highest BCUT2D eigenvalue weighted by atomic mass is 16.5. The molecule has 0 aromatic heterocycles. The Morgan fingerprint density at radius 3 is 2.47 bits per heavy atom. The molecule has 0 radical (unpaired) electrons. The predicted octanol–water partition coefficient (Wildman–Crippen LogP) is 3.19. The summed E-state index contributed by atoms with van der Waals surface area (Å²) in [6.07, 6.45) is 4.25. The molecule has 0 bridgehead atoms. The smallest absolute Gasteiger partial charge is 0.161 e. The van der Waals surface area contributed by atoms with E-state index in [9.17, 15) is 5.11 Å². The summed E-state index contributed by atoms with van der Waals surface area (Å²) in [5.41, 5.74) is 1.09. The molecule has 0 saturated carbocycles. The predicted molar refractivity (Wildman–Crippen MR) is 75.8 cm³/mol. The lowest BCUT2D eigenvalue weighted by atomic mass is 9.79. The Morgan fingerprint density at radius 1 is 1.26 bits per heavy atom. The summed E-state index contributed by atoms with van der Waals surface area (Å²) in [7, 11) is 0. The fourth-order valence-corrected chi connectivity index (χ4v) is 2.64. The van der Waals surface area contributed by atoms with Crippen molar-refractivity contribution < 1.29 is 14.6 Å². The Hall–Kier alpha value is -1.48. The molecule has 3 heteroatoms. The van der Waals surface area contributed by atoms with Crippen molar-refractivity contribution in [2.75, 3.05) is 13.2 Å². The monoisotopic (exact) mass is 262 g/mol. The first-order valence-corrected chi connectivity index (χ1v) is 6.93. The topological polar surface area (TPSA) is 38.7 Å². The highest BCUT2D eigenvalue weighted by Gasteiger charge is 2.32. The Balaban J connectivity index is 2.51. The molecule has 104 valence electrons. The van der Waals surface area contributed by atoms with Crippen molar-refractivity contribution in [2.24, 2.45) is 0 Å².